The molecule has 9 heteroatoms. The van der Waals surface area contributed by atoms with Gasteiger partial charge in [-0.25, -0.2) is 0 Å². The summed E-state index contributed by atoms with van der Waals surface area (Å²) in [6.07, 6.45) is -3.40. The number of ether oxygens (including phenoxy) is 1. The Morgan fingerprint density at radius 2 is 1.96 bits per heavy atom. The Bertz CT molecular complexity index is 897. The molecule has 0 radical (unpaired) electrons. The third kappa shape index (κ3) is 3.60. The first-order valence-electron chi connectivity index (χ1n) is 7.56. The van der Waals surface area contributed by atoms with E-state index in [0.717, 1.165) is 4.57 Å². The summed E-state index contributed by atoms with van der Waals surface area (Å²) in [6.45, 7) is -0.636. The van der Waals surface area contributed by atoms with Gasteiger partial charge in [0.15, 0.2) is 6.73 Å². The van der Waals surface area contributed by atoms with Crippen molar-refractivity contribution in [3.05, 3.63) is 45.0 Å². The molecule has 0 atom stereocenters. The van der Waals surface area contributed by atoms with Crippen LogP contribution in [0, 0.1) is 17.2 Å². The molecule has 1 aromatic carbocycles. The highest BCUT2D eigenvalue weighted by molar-refractivity contribution is 9.10. The largest absolute Gasteiger partial charge is 0.444 e. The van der Waals surface area contributed by atoms with E-state index in [0.29, 0.717) is 23.4 Å². The molecule has 0 aliphatic heterocycles. The Kier molecular flexibility index (Phi) is 5.04. The van der Waals surface area contributed by atoms with Crippen LogP contribution in [0.15, 0.2) is 28.7 Å². The second-order valence-electron chi connectivity index (χ2n) is 5.80. The summed E-state index contributed by atoms with van der Waals surface area (Å²) in [7, 11) is 0. The van der Waals surface area contributed by atoms with Crippen LogP contribution in [0.3, 0.4) is 0 Å². The van der Waals surface area contributed by atoms with Crippen LogP contribution in [0.5, 0.6) is 0 Å². The molecule has 1 heterocycles. The summed E-state index contributed by atoms with van der Waals surface area (Å²) in [5.41, 5.74) is -0.915. The van der Waals surface area contributed by atoms with E-state index in [1.807, 2.05) is 0 Å². The number of nitrogens with zero attached hydrogens (tertiary/aromatic N) is 2. The number of benzene rings is 1. The molecule has 2 aromatic rings. The molecule has 0 amide bonds. The molecule has 0 spiro atoms. The topological polar surface area (TPSA) is 55.0 Å². The Morgan fingerprint density at radius 3 is 2.46 bits per heavy atom. The highest BCUT2D eigenvalue weighted by Crippen LogP contribution is 2.43. The fraction of sp³-hybridized carbons (Fsp3) is 0.294. The van der Waals surface area contributed by atoms with Crippen molar-refractivity contribution in [2.45, 2.75) is 25.7 Å². The summed E-state index contributed by atoms with van der Waals surface area (Å²) in [6, 6.07) is 7.81. The second kappa shape index (κ2) is 6.97. The zero-order chi connectivity index (χ0) is 19.1. The summed E-state index contributed by atoms with van der Waals surface area (Å²) in [5, 5.41) is 9.80. The molecule has 0 unspecified atom stereocenters. The number of alkyl halides is 3. The summed E-state index contributed by atoms with van der Waals surface area (Å²) >= 11 is 8.71. The van der Waals surface area contributed by atoms with Crippen LogP contribution in [-0.2, 0) is 22.4 Å². The molecule has 0 saturated heterocycles. The van der Waals surface area contributed by atoms with Gasteiger partial charge in [-0.2, -0.15) is 18.4 Å². The van der Waals surface area contributed by atoms with Crippen molar-refractivity contribution < 1.29 is 22.7 Å². The maximum absolute atomic E-state index is 13.6. The minimum atomic E-state index is -4.75. The molecule has 1 aromatic heterocycles. The quantitative estimate of drug-likeness (QED) is 0.592. The van der Waals surface area contributed by atoms with E-state index in [1.54, 1.807) is 6.07 Å². The number of esters is 1. The van der Waals surface area contributed by atoms with E-state index in [4.69, 9.17) is 16.3 Å². The van der Waals surface area contributed by atoms with E-state index in [9.17, 15) is 23.2 Å². The number of aromatic nitrogens is 1. The molecule has 0 N–H and O–H groups in total. The van der Waals surface area contributed by atoms with Crippen molar-refractivity contribution in [3.8, 4) is 17.3 Å². The fourth-order valence-corrected chi connectivity index (χ4v) is 3.41. The lowest BCUT2D eigenvalue weighted by Gasteiger charge is -2.16. The number of nitriles is 1. The first-order valence-corrected chi connectivity index (χ1v) is 8.73. The Balaban J connectivity index is 2.14. The van der Waals surface area contributed by atoms with Gasteiger partial charge in [-0.3, -0.25) is 4.79 Å². The van der Waals surface area contributed by atoms with Crippen LogP contribution >= 0.6 is 27.5 Å². The molecule has 1 aliphatic rings. The monoisotopic (exact) mass is 446 g/mol. The molecule has 4 nitrogen and oxygen atoms in total. The van der Waals surface area contributed by atoms with Gasteiger partial charge in [0, 0.05) is 5.02 Å². The second-order valence-corrected chi connectivity index (χ2v) is 7.03. The van der Waals surface area contributed by atoms with E-state index in [-0.39, 0.29) is 21.6 Å². The van der Waals surface area contributed by atoms with Gasteiger partial charge in [0.1, 0.15) is 11.8 Å². The third-order valence-corrected chi connectivity index (χ3v) is 4.97. The molecule has 1 saturated carbocycles. The fourth-order valence-electron chi connectivity index (χ4n) is 2.57. The number of halogens is 5. The van der Waals surface area contributed by atoms with Crippen LogP contribution in [0.2, 0.25) is 5.02 Å². The van der Waals surface area contributed by atoms with Crippen molar-refractivity contribution in [1.29, 1.82) is 5.26 Å². The molecule has 1 fully saturated rings. The van der Waals surface area contributed by atoms with Crippen LogP contribution in [0.25, 0.3) is 11.3 Å². The number of rotatable bonds is 4. The molecule has 0 bridgehead atoms. The van der Waals surface area contributed by atoms with Crippen LogP contribution in [0.1, 0.15) is 24.1 Å². The molecule has 1 aliphatic carbocycles. The van der Waals surface area contributed by atoms with Gasteiger partial charge in [-0.15, -0.1) is 0 Å². The van der Waals surface area contributed by atoms with Gasteiger partial charge < -0.3 is 9.30 Å². The molecule has 26 heavy (non-hydrogen) atoms. The predicted molar refractivity (Wildman–Crippen MR) is 91.1 cm³/mol. The number of hydrogen-bond donors (Lipinski definition) is 0. The molecule has 136 valence electrons. The van der Waals surface area contributed by atoms with Crippen LogP contribution in [0.4, 0.5) is 13.2 Å². The Hall–Kier alpha value is -1.98. The lowest BCUT2D eigenvalue weighted by Crippen LogP contribution is -2.19. The van der Waals surface area contributed by atoms with Gasteiger partial charge >= 0.3 is 12.1 Å². The molecule has 3 rings (SSSR count). The first-order chi connectivity index (χ1) is 12.2. The molecular formula is C17H11BrClF3N2O2. The normalized spacial score (nSPS) is 14.2. The van der Waals surface area contributed by atoms with Gasteiger partial charge in [-0.1, -0.05) is 23.7 Å². The smallest absolute Gasteiger partial charge is 0.432 e. The lowest BCUT2D eigenvalue weighted by molar-refractivity contribution is -0.156. The van der Waals surface area contributed by atoms with Crippen LogP contribution in [-0.4, -0.2) is 10.5 Å². The van der Waals surface area contributed by atoms with Crippen molar-refractivity contribution in [3.63, 3.8) is 0 Å². The highest BCUT2D eigenvalue weighted by atomic mass is 79.9. The van der Waals surface area contributed by atoms with Crippen molar-refractivity contribution in [2.24, 2.45) is 5.92 Å². The van der Waals surface area contributed by atoms with Gasteiger partial charge in [0.05, 0.1) is 21.6 Å². The third-order valence-electron chi connectivity index (χ3n) is 3.95. The zero-order valence-electron chi connectivity index (χ0n) is 13.1. The average molecular weight is 448 g/mol. The van der Waals surface area contributed by atoms with Crippen molar-refractivity contribution in [1.82, 2.24) is 4.57 Å². The zero-order valence-corrected chi connectivity index (χ0v) is 15.5. The minimum absolute atomic E-state index is 0.00645. The summed E-state index contributed by atoms with van der Waals surface area (Å²) in [5.74, 6) is -0.790. The van der Waals surface area contributed by atoms with E-state index in [1.165, 1.54) is 24.3 Å². The van der Waals surface area contributed by atoms with E-state index in [2.05, 4.69) is 15.9 Å². The highest BCUT2D eigenvalue weighted by Gasteiger charge is 2.41. The van der Waals surface area contributed by atoms with Crippen LogP contribution < -0.4 is 0 Å². The number of carbonyl (C=O) groups is 1. The van der Waals surface area contributed by atoms with Gasteiger partial charge in [-0.05, 0) is 46.5 Å². The number of hydrogen-bond acceptors (Lipinski definition) is 3. The standard InChI is InChI=1S/C17H11BrClF3N2O2/c18-13-12(7-23)14(9-3-5-11(19)6-4-9)24(15(13)17(20,21)22)8-26-16(25)10-1-2-10/h3-6,10H,1-2,8H2. The first kappa shape index (κ1) is 18.8. The van der Waals surface area contributed by atoms with Gasteiger partial charge in [0.2, 0.25) is 0 Å². The lowest BCUT2D eigenvalue weighted by atomic mass is 10.1. The maximum Gasteiger partial charge on any atom is 0.432 e. The van der Waals surface area contributed by atoms with Crippen molar-refractivity contribution in [2.75, 3.05) is 0 Å². The number of carbonyl (C=O) groups excluding carboxylic acids is 1. The Morgan fingerprint density at radius 1 is 1.35 bits per heavy atom. The molecular weight excluding hydrogens is 437 g/mol. The average Bonchev–Trinajstić information content (AvgIpc) is 3.37. The van der Waals surface area contributed by atoms with Crippen molar-refractivity contribution >= 4 is 33.5 Å². The van der Waals surface area contributed by atoms with Gasteiger partial charge in [0.25, 0.3) is 0 Å². The minimum Gasteiger partial charge on any atom is -0.444 e. The Labute approximate surface area is 160 Å². The van der Waals surface area contributed by atoms with E-state index >= 15 is 0 Å². The van der Waals surface area contributed by atoms with E-state index < -0.39 is 24.6 Å². The summed E-state index contributed by atoms with van der Waals surface area (Å²) < 4.78 is 46.2. The maximum atomic E-state index is 13.6. The SMILES string of the molecule is N#Cc1c(Br)c(C(F)(F)F)n(COC(=O)C2CC2)c1-c1ccc(Cl)cc1. The summed E-state index contributed by atoms with van der Waals surface area (Å²) in [4.78, 5) is 11.8. The predicted octanol–water partition coefficient (Wildman–Crippen LogP) is 5.37.